The molecule has 0 heterocycles. The second kappa shape index (κ2) is 7.29. The van der Waals surface area contributed by atoms with Crippen molar-refractivity contribution in [3.63, 3.8) is 0 Å². The van der Waals surface area contributed by atoms with Crippen LogP contribution in [0.15, 0.2) is 0 Å². The maximum atomic E-state index is 5.47. The minimum atomic E-state index is 0.550. The van der Waals surface area contributed by atoms with E-state index >= 15 is 0 Å². The third kappa shape index (κ3) is 5.86. The molecule has 0 saturated heterocycles. The van der Waals surface area contributed by atoms with Crippen LogP contribution in [0, 0.1) is 5.41 Å². The maximum absolute atomic E-state index is 5.47. The molecular weight excluding hydrogens is 198 g/mol. The van der Waals surface area contributed by atoms with Gasteiger partial charge < -0.3 is 10.1 Å². The Morgan fingerprint density at radius 1 is 1.31 bits per heavy atom. The van der Waals surface area contributed by atoms with Gasteiger partial charge in [0, 0.05) is 19.3 Å². The van der Waals surface area contributed by atoms with Gasteiger partial charge in [0.15, 0.2) is 0 Å². The number of hydrogen-bond acceptors (Lipinski definition) is 2. The fourth-order valence-electron chi connectivity index (χ4n) is 2.60. The Kier molecular flexibility index (Phi) is 6.37. The van der Waals surface area contributed by atoms with E-state index in [0.29, 0.717) is 5.41 Å². The Labute approximate surface area is 101 Å². The zero-order valence-corrected chi connectivity index (χ0v) is 11.3. The fourth-order valence-corrected chi connectivity index (χ4v) is 2.60. The Morgan fingerprint density at radius 3 is 2.81 bits per heavy atom. The SMILES string of the molecule is CCCOCCCNC1CCCC(C)(C)C1. The summed E-state index contributed by atoms with van der Waals surface area (Å²) in [6.07, 6.45) is 7.75. The lowest BCUT2D eigenvalue weighted by atomic mass is 9.75. The summed E-state index contributed by atoms with van der Waals surface area (Å²) in [6, 6.07) is 0.745. The third-order valence-electron chi connectivity index (χ3n) is 3.45. The van der Waals surface area contributed by atoms with E-state index in [2.05, 4.69) is 26.1 Å². The van der Waals surface area contributed by atoms with Crippen molar-refractivity contribution >= 4 is 0 Å². The van der Waals surface area contributed by atoms with Crippen LogP contribution in [0.3, 0.4) is 0 Å². The average molecular weight is 227 g/mol. The highest BCUT2D eigenvalue weighted by molar-refractivity contribution is 4.83. The summed E-state index contributed by atoms with van der Waals surface area (Å²) in [6.45, 7) is 9.89. The first-order valence-corrected chi connectivity index (χ1v) is 6.95. The van der Waals surface area contributed by atoms with Crippen molar-refractivity contribution in [3.8, 4) is 0 Å². The van der Waals surface area contributed by atoms with Crippen molar-refractivity contribution in [1.29, 1.82) is 0 Å². The number of rotatable bonds is 7. The Bertz CT molecular complexity index is 180. The number of ether oxygens (including phenoxy) is 1. The molecule has 1 aliphatic carbocycles. The number of hydrogen-bond donors (Lipinski definition) is 1. The highest BCUT2D eigenvalue weighted by atomic mass is 16.5. The molecule has 96 valence electrons. The lowest BCUT2D eigenvalue weighted by molar-refractivity contribution is 0.129. The summed E-state index contributed by atoms with van der Waals surface area (Å²) in [4.78, 5) is 0. The molecule has 0 amide bonds. The molecule has 1 fully saturated rings. The van der Waals surface area contributed by atoms with Gasteiger partial charge >= 0.3 is 0 Å². The van der Waals surface area contributed by atoms with Gasteiger partial charge in [-0.15, -0.1) is 0 Å². The van der Waals surface area contributed by atoms with Gasteiger partial charge in [0.25, 0.3) is 0 Å². The summed E-state index contributed by atoms with van der Waals surface area (Å²) in [5, 5.41) is 3.67. The van der Waals surface area contributed by atoms with Crippen molar-refractivity contribution in [2.45, 2.75) is 65.3 Å². The van der Waals surface area contributed by atoms with Crippen LogP contribution >= 0.6 is 0 Å². The molecule has 16 heavy (non-hydrogen) atoms. The van der Waals surface area contributed by atoms with Crippen LogP contribution in [-0.2, 0) is 4.74 Å². The molecule has 0 aromatic carbocycles. The first-order valence-electron chi connectivity index (χ1n) is 6.95. The van der Waals surface area contributed by atoms with Gasteiger partial charge in [-0.05, 0) is 44.1 Å². The molecule has 1 saturated carbocycles. The van der Waals surface area contributed by atoms with Gasteiger partial charge in [0.1, 0.15) is 0 Å². The van der Waals surface area contributed by atoms with Gasteiger partial charge in [-0.2, -0.15) is 0 Å². The molecule has 1 N–H and O–H groups in total. The molecule has 0 radical (unpaired) electrons. The molecule has 1 rings (SSSR count). The molecule has 1 aliphatic rings. The van der Waals surface area contributed by atoms with Crippen molar-refractivity contribution in [2.24, 2.45) is 5.41 Å². The second-order valence-electron chi connectivity index (χ2n) is 5.88. The lowest BCUT2D eigenvalue weighted by Crippen LogP contribution is -2.37. The molecule has 0 spiro atoms. The fraction of sp³-hybridized carbons (Fsp3) is 1.00. The lowest BCUT2D eigenvalue weighted by Gasteiger charge is -2.35. The Hall–Kier alpha value is -0.0800. The summed E-state index contributed by atoms with van der Waals surface area (Å²) in [7, 11) is 0. The summed E-state index contributed by atoms with van der Waals surface area (Å²) < 4.78 is 5.47. The van der Waals surface area contributed by atoms with Gasteiger partial charge in [0.05, 0.1) is 0 Å². The van der Waals surface area contributed by atoms with E-state index in [9.17, 15) is 0 Å². The van der Waals surface area contributed by atoms with Crippen molar-refractivity contribution in [2.75, 3.05) is 19.8 Å². The highest BCUT2D eigenvalue weighted by Gasteiger charge is 2.27. The Balaban J connectivity index is 2.00. The van der Waals surface area contributed by atoms with E-state index in [-0.39, 0.29) is 0 Å². The summed E-state index contributed by atoms with van der Waals surface area (Å²) in [5.74, 6) is 0. The average Bonchev–Trinajstić information content (AvgIpc) is 2.22. The minimum Gasteiger partial charge on any atom is -0.381 e. The van der Waals surface area contributed by atoms with E-state index in [4.69, 9.17) is 4.74 Å². The molecule has 0 bridgehead atoms. The molecule has 2 heteroatoms. The zero-order chi connectivity index (χ0) is 11.9. The molecule has 1 unspecified atom stereocenters. The van der Waals surface area contributed by atoms with Crippen LogP contribution in [0.25, 0.3) is 0 Å². The first-order chi connectivity index (χ1) is 7.64. The minimum absolute atomic E-state index is 0.550. The van der Waals surface area contributed by atoms with Crippen LogP contribution < -0.4 is 5.32 Å². The van der Waals surface area contributed by atoms with Crippen molar-refractivity contribution in [1.82, 2.24) is 5.32 Å². The quantitative estimate of drug-likeness (QED) is 0.673. The highest BCUT2D eigenvalue weighted by Crippen LogP contribution is 2.34. The van der Waals surface area contributed by atoms with E-state index in [1.165, 1.54) is 25.7 Å². The van der Waals surface area contributed by atoms with Crippen LogP contribution in [0.1, 0.15) is 59.3 Å². The predicted molar refractivity (Wildman–Crippen MR) is 69.8 cm³/mol. The topological polar surface area (TPSA) is 21.3 Å². The summed E-state index contributed by atoms with van der Waals surface area (Å²) >= 11 is 0. The van der Waals surface area contributed by atoms with Gasteiger partial charge in [-0.3, -0.25) is 0 Å². The van der Waals surface area contributed by atoms with E-state index in [0.717, 1.165) is 38.6 Å². The van der Waals surface area contributed by atoms with Crippen molar-refractivity contribution < 1.29 is 4.74 Å². The normalized spacial score (nSPS) is 24.6. The predicted octanol–water partition coefficient (Wildman–Crippen LogP) is 3.36. The van der Waals surface area contributed by atoms with Gasteiger partial charge in [-0.1, -0.05) is 27.2 Å². The van der Waals surface area contributed by atoms with Gasteiger partial charge in [-0.25, -0.2) is 0 Å². The monoisotopic (exact) mass is 227 g/mol. The molecule has 2 nitrogen and oxygen atoms in total. The van der Waals surface area contributed by atoms with E-state index in [1.54, 1.807) is 0 Å². The summed E-state index contributed by atoms with van der Waals surface area (Å²) in [5.41, 5.74) is 0.550. The molecule has 0 aliphatic heterocycles. The standard InChI is InChI=1S/C14H29NO/c1-4-10-16-11-6-9-15-13-7-5-8-14(2,3)12-13/h13,15H,4-12H2,1-3H3. The van der Waals surface area contributed by atoms with Crippen molar-refractivity contribution in [3.05, 3.63) is 0 Å². The largest absolute Gasteiger partial charge is 0.381 e. The van der Waals surface area contributed by atoms with Gasteiger partial charge in [0.2, 0.25) is 0 Å². The first kappa shape index (κ1) is 14.0. The number of nitrogens with one attached hydrogen (secondary N) is 1. The second-order valence-corrected chi connectivity index (χ2v) is 5.88. The van der Waals surface area contributed by atoms with Crippen LogP contribution in [0.4, 0.5) is 0 Å². The smallest absolute Gasteiger partial charge is 0.0478 e. The molecule has 0 aromatic heterocycles. The zero-order valence-electron chi connectivity index (χ0n) is 11.3. The van der Waals surface area contributed by atoms with Crippen LogP contribution in [0.5, 0.6) is 0 Å². The van der Waals surface area contributed by atoms with E-state index < -0.39 is 0 Å². The van der Waals surface area contributed by atoms with Crippen LogP contribution in [-0.4, -0.2) is 25.8 Å². The Morgan fingerprint density at radius 2 is 2.12 bits per heavy atom. The molecule has 0 aromatic rings. The maximum Gasteiger partial charge on any atom is 0.0478 e. The molecular formula is C14H29NO. The van der Waals surface area contributed by atoms with Crippen LogP contribution in [0.2, 0.25) is 0 Å². The van der Waals surface area contributed by atoms with E-state index in [1.807, 2.05) is 0 Å². The molecule has 1 atom stereocenters. The third-order valence-corrected chi connectivity index (χ3v) is 3.45.